The van der Waals surface area contributed by atoms with Crippen molar-refractivity contribution in [1.82, 2.24) is 35.2 Å². The molecule has 1 aliphatic rings. The second-order valence-corrected chi connectivity index (χ2v) is 8.48. The Balaban J connectivity index is 1.25. The van der Waals surface area contributed by atoms with Crippen LogP contribution < -0.4 is 5.32 Å². The van der Waals surface area contributed by atoms with E-state index in [4.69, 9.17) is 4.52 Å². The molecule has 0 spiro atoms. The molecule has 5 rings (SSSR count). The number of benzene rings is 1. The van der Waals surface area contributed by atoms with Gasteiger partial charge in [-0.15, -0.1) is 0 Å². The highest BCUT2D eigenvalue weighted by atomic mass is 32.2. The number of hydrogen-bond acceptors (Lipinski definition) is 8. The van der Waals surface area contributed by atoms with Crippen LogP contribution >= 0.6 is 11.8 Å². The van der Waals surface area contributed by atoms with Crippen LogP contribution in [0.3, 0.4) is 0 Å². The minimum atomic E-state index is -4.46. The molecule has 3 aromatic heterocycles. The highest BCUT2D eigenvalue weighted by Crippen LogP contribution is 2.31. The van der Waals surface area contributed by atoms with Crippen LogP contribution in [0.15, 0.2) is 58.5 Å². The summed E-state index contributed by atoms with van der Waals surface area (Å²) in [5.41, 5.74) is -0.280. The van der Waals surface area contributed by atoms with E-state index in [0.717, 1.165) is 25.0 Å². The first kappa shape index (κ1) is 22.1. The number of thioether (sulfide) groups is 1. The van der Waals surface area contributed by atoms with Crippen molar-refractivity contribution >= 4 is 17.7 Å². The molecule has 1 amide bonds. The van der Waals surface area contributed by atoms with E-state index in [1.165, 1.54) is 34.9 Å². The van der Waals surface area contributed by atoms with Crippen LogP contribution in [0.2, 0.25) is 0 Å². The predicted molar refractivity (Wildman–Crippen MR) is 114 cm³/mol. The lowest BCUT2D eigenvalue weighted by molar-refractivity contribution is -0.137. The molecule has 174 valence electrons. The van der Waals surface area contributed by atoms with Gasteiger partial charge < -0.3 is 9.84 Å². The fourth-order valence-electron chi connectivity index (χ4n) is 2.99. The monoisotopic (exact) mass is 487 g/mol. The number of carbonyl (C=O) groups excluding carboxylic acids is 1. The van der Waals surface area contributed by atoms with Crippen molar-refractivity contribution in [2.24, 2.45) is 0 Å². The molecular weight excluding hydrogens is 471 g/mol. The third-order valence-electron chi connectivity index (χ3n) is 4.86. The molecular formula is C21H16F3N7O2S. The minimum Gasteiger partial charge on any atom is -0.348 e. The molecule has 0 atom stereocenters. The number of aromatic nitrogens is 6. The predicted octanol–water partition coefficient (Wildman–Crippen LogP) is 3.92. The maximum absolute atomic E-state index is 12.9. The standard InChI is InChI=1S/C21H16F3N7O2S/c22-21(23,24)13-3-1-2-12(8-13)19-28-17(33-30-19)10-34-18-9-16(25-11-26-18)31-7-6-15(29-31)20(32)27-14-4-5-14/h1-3,6-9,11,14H,4-5,10H2,(H,27,32). The molecule has 0 bridgehead atoms. The Kier molecular flexibility index (Phi) is 5.77. The van der Waals surface area contributed by atoms with Crippen molar-refractivity contribution in [3.8, 4) is 17.2 Å². The first-order valence-corrected chi connectivity index (χ1v) is 11.2. The van der Waals surface area contributed by atoms with Crippen molar-refractivity contribution in [2.45, 2.75) is 35.8 Å². The van der Waals surface area contributed by atoms with E-state index in [1.807, 2.05) is 0 Å². The average Bonchev–Trinajstić information content (AvgIpc) is 3.31. The largest absolute Gasteiger partial charge is 0.416 e. The highest BCUT2D eigenvalue weighted by Gasteiger charge is 2.31. The average molecular weight is 487 g/mol. The zero-order valence-electron chi connectivity index (χ0n) is 17.4. The number of nitrogens with zero attached hydrogens (tertiary/aromatic N) is 6. The lowest BCUT2D eigenvalue weighted by Crippen LogP contribution is -2.25. The fourth-order valence-corrected chi connectivity index (χ4v) is 3.69. The van der Waals surface area contributed by atoms with Gasteiger partial charge in [0.2, 0.25) is 11.7 Å². The fraction of sp³-hybridized carbons (Fsp3) is 0.238. The van der Waals surface area contributed by atoms with Gasteiger partial charge in [-0.2, -0.15) is 23.3 Å². The maximum atomic E-state index is 12.9. The second kappa shape index (κ2) is 8.89. The van der Waals surface area contributed by atoms with Gasteiger partial charge in [-0.25, -0.2) is 14.6 Å². The number of nitrogens with one attached hydrogen (secondary N) is 1. The maximum Gasteiger partial charge on any atom is 0.416 e. The van der Waals surface area contributed by atoms with E-state index in [-0.39, 0.29) is 35.0 Å². The summed E-state index contributed by atoms with van der Waals surface area (Å²) in [5.74, 6) is 0.793. The van der Waals surface area contributed by atoms with Crippen LogP contribution in [0.5, 0.6) is 0 Å². The molecule has 13 heteroatoms. The zero-order chi connectivity index (χ0) is 23.7. The van der Waals surface area contributed by atoms with Gasteiger partial charge in [-0.1, -0.05) is 29.1 Å². The Morgan fingerprint density at radius 1 is 1.21 bits per heavy atom. The molecule has 3 heterocycles. The molecule has 1 N–H and O–H groups in total. The van der Waals surface area contributed by atoms with Gasteiger partial charge in [0.15, 0.2) is 11.5 Å². The van der Waals surface area contributed by atoms with Gasteiger partial charge >= 0.3 is 6.18 Å². The Hall–Kier alpha value is -3.74. The zero-order valence-corrected chi connectivity index (χ0v) is 18.2. The summed E-state index contributed by atoms with van der Waals surface area (Å²) >= 11 is 1.28. The summed E-state index contributed by atoms with van der Waals surface area (Å²) in [5, 5.41) is 11.5. The van der Waals surface area contributed by atoms with Gasteiger partial charge in [0.25, 0.3) is 5.91 Å². The number of carbonyl (C=O) groups is 1. The number of amides is 1. The third-order valence-corrected chi connectivity index (χ3v) is 5.77. The van der Waals surface area contributed by atoms with Crippen LogP contribution in [-0.4, -0.2) is 41.8 Å². The van der Waals surface area contributed by atoms with Crippen LogP contribution in [0, 0.1) is 0 Å². The van der Waals surface area contributed by atoms with E-state index in [9.17, 15) is 18.0 Å². The van der Waals surface area contributed by atoms with E-state index in [2.05, 4.69) is 30.5 Å². The van der Waals surface area contributed by atoms with Gasteiger partial charge in [0.1, 0.15) is 11.4 Å². The summed E-state index contributed by atoms with van der Waals surface area (Å²) < 4.78 is 45.5. The smallest absolute Gasteiger partial charge is 0.348 e. The minimum absolute atomic E-state index is 0.0682. The summed E-state index contributed by atoms with van der Waals surface area (Å²) in [6.07, 6.45) is 0.517. The Morgan fingerprint density at radius 3 is 2.85 bits per heavy atom. The molecule has 1 aliphatic carbocycles. The quantitative estimate of drug-likeness (QED) is 0.309. The Bertz CT molecular complexity index is 1330. The van der Waals surface area contributed by atoms with Crippen LogP contribution in [0.25, 0.3) is 17.2 Å². The van der Waals surface area contributed by atoms with Crippen molar-refractivity contribution in [3.05, 3.63) is 66.1 Å². The topological polar surface area (TPSA) is 112 Å². The van der Waals surface area contributed by atoms with Crippen LogP contribution in [-0.2, 0) is 11.9 Å². The van der Waals surface area contributed by atoms with Crippen molar-refractivity contribution in [2.75, 3.05) is 0 Å². The number of halogens is 3. The normalized spacial score (nSPS) is 13.7. The second-order valence-electron chi connectivity index (χ2n) is 7.49. The molecule has 4 aromatic rings. The molecule has 1 aromatic carbocycles. The van der Waals surface area contributed by atoms with Gasteiger partial charge in [-0.3, -0.25) is 4.79 Å². The molecule has 0 unspecified atom stereocenters. The highest BCUT2D eigenvalue weighted by molar-refractivity contribution is 7.98. The summed E-state index contributed by atoms with van der Waals surface area (Å²) in [7, 11) is 0. The van der Waals surface area contributed by atoms with Gasteiger partial charge in [0.05, 0.1) is 11.3 Å². The third kappa shape index (κ3) is 5.09. The van der Waals surface area contributed by atoms with E-state index < -0.39 is 11.7 Å². The van der Waals surface area contributed by atoms with Gasteiger partial charge in [-0.05, 0) is 31.0 Å². The van der Waals surface area contributed by atoms with Crippen LogP contribution in [0.4, 0.5) is 13.2 Å². The Labute approximate surface area is 194 Å². The lowest BCUT2D eigenvalue weighted by atomic mass is 10.1. The first-order chi connectivity index (χ1) is 16.3. The number of alkyl halides is 3. The van der Waals surface area contributed by atoms with Crippen molar-refractivity contribution < 1.29 is 22.5 Å². The lowest BCUT2D eigenvalue weighted by Gasteiger charge is -2.06. The van der Waals surface area contributed by atoms with E-state index >= 15 is 0 Å². The summed E-state index contributed by atoms with van der Waals surface area (Å²) in [4.78, 5) is 24.7. The summed E-state index contributed by atoms with van der Waals surface area (Å²) in [6.45, 7) is 0. The molecule has 9 nitrogen and oxygen atoms in total. The van der Waals surface area contributed by atoms with E-state index in [0.29, 0.717) is 16.5 Å². The number of rotatable bonds is 7. The molecule has 34 heavy (non-hydrogen) atoms. The van der Waals surface area contributed by atoms with Gasteiger partial charge in [0, 0.05) is 23.9 Å². The van der Waals surface area contributed by atoms with Crippen LogP contribution in [0.1, 0.15) is 34.8 Å². The first-order valence-electron chi connectivity index (χ1n) is 10.2. The Morgan fingerprint density at radius 2 is 2.06 bits per heavy atom. The van der Waals surface area contributed by atoms with Crippen molar-refractivity contribution in [1.29, 1.82) is 0 Å². The SMILES string of the molecule is O=C(NC1CC1)c1ccn(-c2cc(SCc3nc(-c4cccc(C(F)(F)F)c4)no3)ncn2)n1. The molecule has 1 saturated carbocycles. The van der Waals surface area contributed by atoms with Crippen molar-refractivity contribution in [3.63, 3.8) is 0 Å². The summed E-state index contributed by atoms with van der Waals surface area (Å²) in [6, 6.07) is 8.26. The molecule has 0 saturated heterocycles. The van der Waals surface area contributed by atoms with E-state index in [1.54, 1.807) is 18.3 Å². The molecule has 0 radical (unpaired) electrons. The number of hydrogen-bond donors (Lipinski definition) is 1. The molecule has 1 fully saturated rings. The molecule has 0 aliphatic heterocycles.